The molecule has 62 valence electrons. The Morgan fingerprint density at radius 2 is 2.27 bits per heavy atom. The van der Waals surface area contributed by atoms with Crippen molar-refractivity contribution in [1.29, 1.82) is 0 Å². The molecule has 0 spiro atoms. The minimum Gasteiger partial charge on any atom is -0.337 e. The van der Waals surface area contributed by atoms with Gasteiger partial charge in [-0.05, 0) is 6.92 Å². The Bertz CT molecular complexity index is 194. The van der Waals surface area contributed by atoms with Crippen molar-refractivity contribution in [3.05, 3.63) is 0 Å². The number of hydrogen-bond acceptors (Lipinski definition) is 1. The molecular formula is C6H6BrF2NO. The Morgan fingerprint density at radius 1 is 1.82 bits per heavy atom. The SMILES string of the molecule is C#CC(C)NC(=O)C(F)(F)Br. The minimum atomic E-state index is -3.54. The Balaban J connectivity index is 4.01. The molecule has 0 rings (SSSR count). The third kappa shape index (κ3) is 3.94. The second-order valence-corrected chi connectivity index (χ2v) is 2.86. The van der Waals surface area contributed by atoms with E-state index in [4.69, 9.17) is 6.42 Å². The first kappa shape index (κ1) is 10.4. The molecule has 11 heavy (non-hydrogen) atoms. The molecule has 1 N–H and O–H groups in total. The molecule has 1 amide bonds. The van der Waals surface area contributed by atoms with Crippen LogP contribution in [0.4, 0.5) is 8.78 Å². The first-order valence-corrected chi connectivity index (χ1v) is 3.51. The lowest BCUT2D eigenvalue weighted by molar-refractivity contribution is -0.134. The number of nitrogens with one attached hydrogen (secondary N) is 1. The first-order chi connectivity index (χ1) is 4.88. The van der Waals surface area contributed by atoms with Crippen molar-refractivity contribution in [1.82, 2.24) is 5.32 Å². The van der Waals surface area contributed by atoms with Gasteiger partial charge >= 0.3 is 10.7 Å². The molecule has 0 aliphatic heterocycles. The predicted octanol–water partition coefficient (Wildman–Crippen LogP) is 1.11. The Kier molecular flexibility index (Phi) is 3.46. The van der Waals surface area contributed by atoms with Gasteiger partial charge in [0, 0.05) is 15.9 Å². The van der Waals surface area contributed by atoms with Gasteiger partial charge in [0.2, 0.25) is 0 Å². The highest BCUT2D eigenvalue weighted by molar-refractivity contribution is 9.10. The van der Waals surface area contributed by atoms with Gasteiger partial charge in [-0.25, -0.2) is 0 Å². The van der Waals surface area contributed by atoms with Crippen LogP contribution in [0.1, 0.15) is 6.92 Å². The van der Waals surface area contributed by atoms with Crippen LogP contribution in [-0.4, -0.2) is 16.8 Å². The smallest absolute Gasteiger partial charge is 0.337 e. The van der Waals surface area contributed by atoms with E-state index in [1.54, 1.807) is 0 Å². The summed E-state index contributed by atoms with van der Waals surface area (Å²) >= 11 is 1.89. The van der Waals surface area contributed by atoms with E-state index in [0.717, 1.165) is 0 Å². The fourth-order valence-corrected chi connectivity index (χ4v) is 0.435. The van der Waals surface area contributed by atoms with E-state index in [9.17, 15) is 13.6 Å². The number of rotatable bonds is 2. The average Bonchev–Trinajstić information content (AvgIpc) is 1.85. The van der Waals surface area contributed by atoms with E-state index < -0.39 is 16.8 Å². The normalized spacial score (nSPS) is 13.4. The van der Waals surface area contributed by atoms with E-state index >= 15 is 0 Å². The van der Waals surface area contributed by atoms with Crippen LogP contribution in [-0.2, 0) is 4.79 Å². The highest BCUT2D eigenvalue weighted by Gasteiger charge is 2.35. The van der Waals surface area contributed by atoms with Crippen molar-refractivity contribution in [2.24, 2.45) is 0 Å². The predicted molar refractivity (Wildman–Crippen MR) is 40.3 cm³/mol. The van der Waals surface area contributed by atoms with Gasteiger partial charge in [-0.2, -0.15) is 8.78 Å². The van der Waals surface area contributed by atoms with Gasteiger partial charge in [0.05, 0.1) is 6.04 Å². The Morgan fingerprint density at radius 3 is 2.55 bits per heavy atom. The van der Waals surface area contributed by atoms with Crippen LogP contribution in [0, 0.1) is 12.3 Å². The number of amides is 1. The van der Waals surface area contributed by atoms with Crippen LogP contribution in [0.2, 0.25) is 0 Å². The summed E-state index contributed by atoms with van der Waals surface area (Å²) < 4.78 is 24.1. The molecule has 1 atom stereocenters. The zero-order valence-corrected chi connectivity index (χ0v) is 7.28. The minimum absolute atomic E-state index is 0.689. The first-order valence-electron chi connectivity index (χ1n) is 2.71. The van der Waals surface area contributed by atoms with Gasteiger partial charge in [-0.15, -0.1) is 6.42 Å². The molecule has 0 saturated heterocycles. The van der Waals surface area contributed by atoms with Crippen molar-refractivity contribution in [2.75, 3.05) is 0 Å². The van der Waals surface area contributed by atoms with E-state index in [-0.39, 0.29) is 0 Å². The lowest BCUT2D eigenvalue weighted by Crippen LogP contribution is -2.40. The summed E-state index contributed by atoms with van der Waals surface area (Å²) in [5, 5.41) is 1.90. The third-order valence-corrected chi connectivity index (χ3v) is 1.22. The molecule has 2 nitrogen and oxygen atoms in total. The highest BCUT2D eigenvalue weighted by Crippen LogP contribution is 2.21. The average molecular weight is 226 g/mol. The van der Waals surface area contributed by atoms with Gasteiger partial charge in [0.1, 0.15) is 0 Å². The molecule has 0 aromatic heterocycles. The second-order valence-electron chi connectivity index (χ2n) is 1.86. The summed E-state index contributed by atoms with van der Waals surface area (Å²) in [7, 11) is 0. The summed E-state index contributed by atoms with van der Waals surface area (Å²) in [4.78, 5) is 6.89. The molecule has 0 bridgehead atoms. The van der Waals surface area contributed by atoms with Crippen molar-refractivity contribution >= 4 is 21.8 Å². The number of terminal acetylenes is 1. The van der Waals surface area contributed by atoms with E-state index in [2.05, 4.69) is 5.92 Å². The zero-order valence-electron chi connectivity index (χ0n) is 5.70. The lowest BCUT2D eigenvalue weighted by Gasteiger charge is -2.10. The third-order valence-electron chi connectivity index (χ3n) is 0.855. The van der Waals surface area contributed by atoms with Crippen molar-refractivity contribution in [2.45, 2.75) is 17.8 Å². The largest absolute Gasteiger partial charge is 0.377 e. The number of halogens is 3. The number of hydrogen-bond donors (Lipinski definition) is 1. The molecule has 1 unspecified atom stereocenters. The maximum Gasteiger partial charge on any atom is 0.377 e. The topological polar surface area (TPSA) is 29.1 Å². The molecule has 0 heterocycles. The van der Waals surface area contributed by atoms with Crippen LogP contribution < -0.4 is 5.32 Å². The molecule has 0 aromatic rings. The fraction of sp³-hybridized carbons (Fsp3) is 0.500. The van der Waals surface area contributed by atoms with E-state index in [1.165, 1.54) is 6.92 Å². The number of alkyl halides is 3. The number of carbonyl (C=O) groups is 1. The zero-order chi connectivity index (χ0) is 9.07. The standard InChI is InChI=1S/C6H6BrF2NO/c1-3-4(2)10-5(11)6(7,8)9/h1,4H,2H3,(H,10,11). The van der Waals surface area contributed by atoms with Gasteiger partial charge < -0.3 is 5.32 Å². The van der Waals surface area contributed by atoms with Crippen LogP contribution in [0.25, 0.3) is 0 Å². The Labute approximate surface area is 71.5 Å². The van der Waals surface area contributed by atoms with Gasteiger partial charge in [0.15, 0.2) is 0 Å². The summed E-state index contributed by atoms with van der Waals surface area (Å²) in [6, 6.07) is -0.689. The number of carbonyl (C=O) groups excluding carboxylic acids is 1. The van der Waals surface area contributed by atoms with Crippen molar-refractivity contribution < 1.29 is 13.6 Å². The monoisotopic (exact) mass is 225 g/mol. The maximum atomic E-state index is 12.0. The molecule has 0 aliphatic carbocycles. The maximum absolute atomic E-state index is 12.0. The highest BCUT2D eigenvalue weighted by atomic mass is 79.9. The van der Waals surface area contributed by atoms with Crippen molar-refractivity contribution in [3.63, 3.8) is 0 Å². The molecule has 0 aliphatic rings. The molecule has 0 radical (unpaired) electrons. The summed E-state index contributed by atoms with van der Waals surface area (Å²) in [5.74, 6) is 0.654. The molecule has 0 aromatic carbocycles. The Hall–Kier alpha value is -0.630. The van der Waals surface area contributed by atoms with Crippen LogP contribution in [0.3, 0.4) is 0 Å². The molecular weight excluding hydrogens is 220 g/mol. The summed E-state index contributed by atoms with van der Waals surface area (Å²) in [6.45, 7) is 1.43. The van der Waals surface area contributed by atoms with Gasteiger partial charge in [-0.1, -0.05) is 5.92 Å². The van der Waals surface area contributed by atoms with Crippen molar-refractivity contribution in [3.8, 4) is 12.3 Å². The van der Waals surface area contributed by atoms with Gasteiger partial charge in [-0.3, -0.25) is 4.79 Å². The quantitative estimate of drug-likeness (QED) is 0.554. The van der Waals surface area contributed by atoms with Gasteiger partial charge in [0.25, 0.3) is 0 Å². The molecule has 5 heteroatoms. The second kappa shape index (κ2) is 3.67. The van der Waals surface area contributed by atoms with Crippen LogP contribution >= 0.6 is 15.9 Å². The van der Waals surface area contributed by atoms with E-state index in [0.29, 0.717) is 0 Å². The lowest BCUT2D eigenvalue weighted by atomic mass is 10.3. The van der Waals surface area contributed by atoms with Crippen LogP contribution in [0.15, 0.2) is 0 Å². The summed E-state index contributed by atoms with van der Waals surface area (Å²) in [6.07, 6.45) is 4.84. The van der Waals surface area contributed by atoms with Crippen LogP contribution in [0.5, 0.6) is 0 Å². The van der Waals surface area contributed by atoms with E-state index in [1.807, 2.05) is 21.2 Å². The molecule has 0 fully saturated rings. The fourth-order valence-electron chi connectivity index (χ4n) is 0.320. The summed E-state index contributed by atoms with van der Waals surface area (Å²) in [5.41, 5.74) is 0. The molecule has 0 saturated carbocycles.